The summed E-state index contributed by atoms with van der Waals surface area (Å²) in [6.07, 6.45) is 2.07. The van der Waals surface area contributed by atoms with E-state index in [0.717, 1.165) is 11.3 Å². The smallest absolute Gasteiger partial charge is 0.303 e. The molecule has 0 saturated heterocycles. The van der Waals surface area contributed by atoms with Gasteiger partial charge in [0, 0.05) is 17.5 Å². The fraction of sp³-hybridized carbons (Fsp3) is 0.167. The van der Waals surface area contributed by atoms with Crippen molar-refractivity contribution < 1.29 is 14.3 Å². The van der Waals surface area contributed by atoms with Gasteiger partial charge in [0.2, 0.25) is 0 Å². The van der Waals surface area contributed by atoms with Crippen molar-refractivity contribution in [2.45, 2.75) is 12.8 Å². The van der Waals surface area contributed by atoms with Crippen LogP contribution < -0.4 is 0 Å². The molecule has 0 spiro atoms. The minimum Gasteiger partial charge on any atom is -0.481 e. The zero-order valence-electron chi connectivity index (χ0n) is 8.98. The first-order valence-corrected chi connectivity index (χ1v) is 5.17. The highest BCUT2D eigenvalue weighted by Gasteiger charge is 2.05. The SMILES string of the molecule is O=C(O)CCc1cnc(-c2ccc(F)cc2)[nH]1. The van der Waals surface area contributed by atoms with E-state index >= 15 is 0 Å². The lowest BCUT2D eigenvalue weighted by Gasteiger charge is -1.96. The largest absolute Gasteiger partial charge is 0.481 e. The molecule has 0 atom stereocenters. The van der Waals surface area contributed by atoms with Crippen LogP contribution in [0.5, 0.6) is 0 Å². The summed E-state index contributed by atoms with van der Waals surface area (Å²) in [6, 6.07) is 5.95. The molecule has 0 aliphatic rings. The molecule has 4 nitrogen and oxygen atoms in total. The third-order valence-corrected chi connectivity index (χ3v) is 2.35. The zero-order valence-corrected chi connectivity index (χ0v) is 8.98. The van der Waals surface area contributed by atoms with Crippen LogP contribution in [0.2, 0.25) is 0 Å². The summed E-state index contributed by atoms with van der Waals surface area (Å²) in [5.41, 5.74) is 1.53. The van der Waals surface area contributed by atoms with Gasteiger partial charge in [0.25, 0.3) is 0 Å². The van der Waals surface area contributed by atoms with Gasteiger partial charge in [-0.25, -0.2) is 9.37 Å². The summed E-state index contributed by atoms with van der Waals surface area (Å²) in [7, 11) is 0. The number of carbonyl (C=O) groups is 1. The fourth-order valence-electron chi connectivity index (χ4n) is 1.48. The molecule has 2 N–H and O–H groups in total. The number of imidazole rings is 1. The molecule has 0 aliphatic heterocycles. The number of nitrogens with zero attached hydrogens (tertiary/aromatic N) is 1. The Kier molecular flexibility index (Phi) is 3.18. The summed E-state index contributed by atoms with van der Waals surface area (Å²) in [6.45, 7) is 0. The minimum absolute atomic E-state index is 0.0606. The number of carboxylic acid groups (broad SMARTS) is 1. The first kappa shape index (κ1) is 11.3. The topological polar surface area (TPSA) is 66.0 Å². The monoisotopic (exact) mass is 234 g/mol. The van der Waals surface area contributed by atoms with Crippen LogP contribution in [-0.2, 0) is 11.2 Å². The van der Waals surface area contributed by atoms with Gasteiger partial charge in [0.05, 0.1) is 6.42 Å². The van der Waals surface area contributed by atoms with Crippen LogP contribution in [0.25, 0.3) is 11.4 Å². The van der Waals surface area contributed by atoms with Crippen LogP contribution in [0.4, 0.5) is 4.39 Å². The number of carboxylic acids is 1. The van der Waals surface area contributed by atoms with Crippen molar-refractivity contribution >= 4 is 5.97 Å². The van der Waals surface area contributed by atoms with Crippen molar-refractivity contribution in [3.05, 3.63) is 42.0 Å². The van der Waals surface area contributed by atoms with E-state index in [0.29, 0.717) is 12.2 Å². The van der Waals surface area contributed by atoms with E-state index in [1.54, 1.807) is 18.3 Å². The Hall–Kier alpha value is -2.17. The number of halogens is 1. The van der Waals surface area contributed by atoms with Crippen molar-refractivity contribution in [2.24, 2.45) is 0 Å². The quantitative estimate of drug-likeness (QED) is 0.852. The Balaban J connectivity index is 2.12. The van der Waals surface area contributed by atoms with E-state index in [-0.39, 0.29) is 12.2 Å². The van der Waals surface area contributed by atoms with Crippen molar-refractivity contribution in [3.63, 3.8) is 0 Å². The van der Waals surface area contributed by atoms with E-state index in [1.807, 2.05) is 0 Å². The first-order valence-electron chi connectivity index (χ1n) is 5.17. The molecule has 0 fully saturated rings. The lowest BCUT2D eigenvalue weighted by atomic mass is 10.2. The summed E-state index contributed by atoms with van der Waals surface area (Å²) >= 11 is 0. The average molecular weight is 234 g/mol. The molecule has 1 aromatic heterocycles. The maximum Gasteiger partial charge on any atom is 0.303 e. The van der Waals surface area contributed by atoms with Gasteiger partial charge in [-0.15, -0.1) is 0 Å². The van der Waals surface area contributed by atoms with Crippen LogP contribution in [0.3, 0.4) is 0 Å². The number of rotatable bonds is 4. The second-order valence-electron chi connectivity index (χ2n) is 3.66. The summed E-state index contributed by atoms with van der Waals surface area (Å²) in [5, 5.41) is 8.55. The van der Waals surface area contributed by atoms with Crippen LogP contribution in [0.1, 0.15) is 12.1 Å². The van der Waals surface area contributed by atoms with E-state index in [2.05, 4.69) is 9.97 Å². The van der Waals surface area contributed by atoms with Crippen molar-refractivity contribution in [1.29, 1.82) is 0 Å². The number of nitrogens with one attached hydrogen (secondary N) is 1. The average Bonchev–Trinajstić information content (AvgIpc) is 2.76. The standard InChI is InChI=1S/C12H11FN2O2/c13-9-3-1-8(2-4-9)12-14-7-10(15-12)5-6-11(16)17/h1-4,7H,5-6H2,(H,14,15)(H,16,17). The lowest BCUT2D eigenvalue weighted by molar-refractivity contribution is -0.136. The Labute approximate surface area is 97.1 Å². The summed E-state index contributed by atoms with van der Waals surface area (Å²) < 4.78 is 12.7. The van der Waals surface area contributed by atoms with Gasteiger partial charge in [-0.1, -0.05) is 0 Å². The predicted molar refractivity (Wildman–Crippen MR) is 59.9 cm³/mol. The normalized spacial score (nSPS) is 10.4. The van der Waals surface area contributed by atoms with E-state index in [4.69, 9.17) is 5.11 Å². The molecular weight excluding hydrogens is 223 g/mol. The highest BCUT2D eigenvalue weighted by Crippen LogP contribution is 2.16. The third-order valence-electron chi connectivity index (χ3n) is 2.35. The Morgan fingerprint density at radius 3 is 2.71 bits per heavy atom. The second kappa shape index (κ2) is 4.78. The molecule has 0 saturated carbocycles. The predicted octanol–water partition coefficient (Wildman–Crippen LogP) is 2.23. The molecule has 5 heteroatoms. The molecule has 17 heavy (non-hydrogen) atoms. The highest BCUT2D eigenvalue weighted by atomic mass is 19.1. The minimum atomic E-state index is -0.845. The van der Waals surface area contributed by atoms with Crippen LogP contribution in [-0.4, -0.2) is 21.0 Å². The van der Waals surface area contributed by atoms with Crippen molar-refractivity contribution in [1.82, 2.24) is 9.97 Å². The van der Waals surface area contributed by atoms with E-state index < -0.39 is 5.97 Å². The Bertz CT molecular complexity index is 520. The maximum atomic E-state index is 12.7. The van der Waals surface area contributed by atoms with Gasteiger partial charge in [0.1, 0.15) is 11.6 Å². The highest BCUT2D eigenvalue weighted by molar-refractivity contribution is 5.67. The second-order valence-corrected chi connectivity index (χ2v) is 3.66. The summed E-state index contributed by atoms with van der Waals surface area (Å²) in [5.74, 6) is -0.528. The van der Waals surface area contributed by atoms with Gasteiger partial charge in [-0.05, 0) is 30.7 Å². The zero-order chi connectivity index (χ0) is 12.3. The fourth-order valence-corrected chi connectivity index (χ4v) is 1.48. The van der Waals surface area contributed by atoms with Gasteiger partial charge >= 0.3 is 5.97 Å². The van der Waals surface area contributed by atoms with Gasteiger partial charge in [-0.3, -0.25) is 4.79 Å². The molecule has 2 aromatic rings. The van der Waals surface area contributed by atoms with Crippen molar-refractivity contribution in [2.75, 3.05) is 0 Å². The molecule has 1 aromatic carbocycles. The lowest BCUT2D eigenvalue weighted by Crippen LogP contribution is -1.97. The van der Waals surface area contributed by atoms with E-state index in [1.165, 1.54) is 12.1 Å². The molecule has 2 rings (SSSR count). The number of aliphatic carboxylic acids is 1. The first-order chi connectivity index (χ1) is 8.15. The molecule has 0 unspecified atom stereocenters. The number of aromatic amines is 1. The van der Waals surface area contributed by atoms with Gasteiger partial charge < -0.3 is 10.1 Å². The maximum absolute atomic E-state index is 12.7. The molecule has 0 aliphatic carbocycles. The van der Waals surface area contributed by atoms with Gasteiger partial charge in [-0.2, -0.15) is 0 Å². The molecular formula is C12H11FN2O2. The number of aromatic nitrogens is 2. The summed E-state index contributed by atoms with van der Waals surface area (Å²) in [4.78, 5) is 17.5. The van der Waals surface area contributed by atoms with Gasteiger partial charge in [0.15, 0.2) is 0 Å². The molecule has 0 amide bonds. The molecule has 0 bridgehead atoms. The Morgan fingerprint density at radius 1 is 1.35 bits per heavy atom. The van der Waals surface area contributed by atoms with Crippen LogP contribution in [0.15, 0.2) is 30.5 Å². The number of H-pyrrole nitrogens is 1. The molecule has 1 heterocycles. The Morgan fingerprint density at radius 2 is 2.06 bits per heavy atom. The number of hydrogen-bond donors (Lipinski definition) is 2. The van der Waals surface area contributed by atoms with E-state index in [9.17, 15) is 9.18 Å². The van der Waals surface area contributed by atoms with Crippen LogP contribution >= 0.6 is 0 Å². The third kappa shape index (κ3) is 2.90. The number of benzene rings is 1. The molecule has 88 valence electrons. The molecule has 0 radical (unpaired) electrons. The number of hydrogen-bond acceptors (Lipinski definition) is 2. The number of aryl methyl sites for hydroxylation is 1. The van der Waals surface area contributed by atoms with Crippen LogP contribution in [0, 0.1) is 5.82 Å². The van der Waals surface area contributed by atoms with Crippen molar-refractivity contribution in [3.8, 4) is 11.4 Å².